The molecule has 7 heteroatoms. The third-order valence-electron chi connectivity index (χ3n) is 3.57. The number of nitrogens with zero attached hydrogens (tertiary/aromatic N) is 2. The predicted octanol–water partition coefficient (Wildman–Crippen LogP) is 2.62. The lowest BCUT2D eigenvalue weighted by molar-refractivity contribution is -0.117. The van der Waals surface area contributed by atoms with Crippen molar-refractivity contribution in [2.45, 2.75) is 12.5 Å². The van der Waals surface area contributed by atoms with E-state index in [0.29, 0.717) is 22.3 Å². The molecule has 24 heavy (non-hydrogen) atoms. The van der Waals surface area contributed by atoms with E-state index in [2.05, 4.69) is 10.3 Å². The molecule has 1 amide bonds. The zero-order valence-corrected chi connectivity index (χ0v) is 13.7. The van der Waals surface area contributed by atoms with Gasteiger partial charge in [0.05, 0.1) is 18.5 Å². The number of aliphatic hydroxyl groups is 1. The summed E-state index contributed by atoms with van der Waals surface area (Å²) in [6.45, 7) is 1.59. The van der Waals surface area contributed by atoms with E-state index in [1.54, 1.807) is 29.5 Å². The minimum absolute atomic E-state index is 0.0184. The average Bonchev–Trinajstić information content (AvgIpc) is 3.19. The van der Waals surface area contributed by atoms with Gasteiger partial charge in [0.1, 0.15) is 17.0 Å². The Labute approximate surface area is 143 Å². The lowest BCUT2D eigenvalue weighted by atomic mass is 10.0. The van der Waals surface area contributed by atoms with Crippen LogP contribution in [0.3, 0.4) is 0 Å². The average molecular weight is 346 g/mol. The van der Waals surface area contributed by atoms with Crippen LogP contribution in [0.4, 0.5) is 0 Å². The molecule has 0 saturated carbocycles. The zero-order valence-electron chi connectivity index (χ0n) is 12.9. The van der Waals surface area contributed by atoms with Crippen LogP contribution in [-0.2, 0) is 10.4 Å². The Hall–Kier alpha value is -2.57. The summed E-state index contributed by atoms with van der Waals surface area (Å²) in [5.41, 5.74) is 0.0250. The molecule has 0 fully saturated rings. The second kappa shape index (κ2) is 6.51. The number of hydrogen-bond donors (Lipinski definition) is 2. The summed E-state index contributed by atoms with van der Waals surface area (Å²) in [5.74, 6) is 0.0281. The molecule has 0 radical (unpaired) electrons. The van der Waals surface area contributed by atoms with E-state index in [1.165, 1.54) is 12.3 Å². The smallest absolute Gasteiger partial charge is 0.244 e. The molecule has 1 unspecified atom stereocenters. The summed E-state index contributed by atoms with van der Waals surface area (Å²) in [6, 6.07) is 8.86. The van der Waals surface area contributed by atoms with Crippen LogP contribution in [0.2, 0.25) is 5.15 Å². The summed E-state index contributed by atoms with van der Waals surface area (Å²) in [5, 5.41) is 13.2. The molecule has 0 aliphatic rings. The highest BCUT2D eigenvalue weighted by Gasteiger charge is 2.26. The third kappa shape index (κ3) is 3.34. The van der Waals surface area contributed by atoms with Gasteiger partial charge >= 0.3 is 0 Å². The summed E-state index contributed by atoms with van der Waals surface area (Å²) in [7, 11) is 0. The van der Waals surface area contributed by atoms with Gasteiger partial charge in [-0.3, -0.25) is 9.20 Å². The molecule has 0 spiro atoms. The van der Waals surface area contributed by atoms with E-state index >= 15 is 0 Å². The summed E-state index contributed by atoms with van der Waals surface area (Å²) < 4.78 is 6.95. The Morgan fingerprint density at radius 3 is 3.04 bits per heavy atom. The molecule has 3 aromatic rings. The highest BCUT2D eigenvalue weighted by Crippen LogP contribution is 2.20. The van der Waals surface area contributed by atoms with E-state index < -0.39 is 5.60 Å². The number of pyridine rings is 1. The molecule has 0 bridgehead atoms. The number of rotatable bonds is 5. The van der Waals surface area contributed by atoms with E-state index in [-0.39, 0.29) is 12.5 Å². The fourth-order valence-electron chi connectivity index (χ4n) is 2.28. The number of amides is 1. The number of fused-ring (bicyclic) bond motifs is 1. The third-order valence-corrected chi connectivity index (χ3v) is 3.85. The number of hydrogen-bond acceptors (Lipinski definition) is 4. The van der Waals surface area contributed by atoms with E-state index in [4.69, 9.17) is 16.0 Å². The molecule has 2 N–H and O–H groups in total. The first-order chi connectivity index (χ1) is 11.5. The van der Waals surface area contributed by atoms with Gasteiger partial charge in [0.2, 0.25) is 5.91 Å². The standard InChI is InChI=1S/C17H16ClN3O3/c1-17(23,13-5-4-10-24-13)11-19-15(22)8-7-12-16(18)20-14-6-2-3-9-21(12)14/h2-10,23H,11H2,1H3,(H,19,22). The molecule has 0 aliphatic heterocycles. The first-order valence-corrected chi connectivity index (χ1v) is 7.70. The SMILES string of the molecule is CC(O)(CNC(=O)C=Cc1c(Cl)nc2ccccn12)c1ccco1. The van der Waals surface area contributed by atoms with Crippen LogP contribution < -0.4 is 5.32 Å². The number of imidazole rings is 1. The van der Waals surface area contributed by atoms with Crippen LogP contribution >= 0.6 is 11.6 Å². The lowest BCUT2D eigenvalue weighted by Crippen LogP contribution is -2.37. The minimum atomic E-state index is -1.28. The topological polar surface area (TPSA) is 79.8 Å². The molecular formula is C17H16ClN3O3. The van der Waals surface area contributed by atoms with Gasteiger partial charge in [0.25, 0.3) is 0 Å². The predicted molar refractivity (Wildman–Crippen MR) is 90.5 cm³/mol. The van der Waals surface area contributed by atoms with Gasteiger partial charge in [0, 0.05) is 12.3 Å². The fourth-order valence-corrected chi connectivity index (χ4v) is 2.52. The summed E-state index contributed by atoms with van der Waals surface area (Å²) >= 11 is 6.10. The second-order valence-electron chi connectivity index (χ2n) is 5.52. The first kappa shape index (κ1) is 16.3. The molecule has 3 rings (SSSR count). The van der Waals surface area contributed by atoms with Crippen molar-refractivity contribution in [1.29, 1.82) is 0 Å². The molecule has 6 nitrogen and oxygen atoms in total. The number of aromatic nitrogens is 2. The van der Waals surface area contributed by atoms with Gasteiger partial charge in [-0.25, -0.2) is 4.98 Å². The van der Waals surface area contributed by atoms with Gasteiger partial charge in [0.15, 0.2) is 5.15 Å². The van der Waals surface area contributed by atoms with Crippen LogP contribution in [0.15, 0.2) is 53.3 Å². The number of carbonyl (C=O) groups excluding carboxylic acids is 1. The fraction of sp³-hybridized carbons (Fsp3) is 0.176. The Morgan fingerprint density at radius 2 is 2.29 bits per heavy atom. The maximum Gasteiger partial charge on any atom is 0.244 e. The van der Waals surface area contributed by atoms with E-state index in [9.17, 15) is 9.90 Å². The first-order valence-electron chi connectivity index (χ1n) is 7.32. The van der Waals surface area contributed by atoms with Crippen LogP contribution in [0.25, 0.3) is 11.7 Å². The minimum Gasteiger partial charge on any atom is -0.466 e. The van der Waals surface area contributed by atoms with Crippen LogP contribution in [0, 0.1) is 0 Å². The molecular weight excluding hydrogens is 330 g/mol. The molecule has 0 aliphatic carbocycles. The van der Waals surface area contributed by atoms with Gasteiger partial charge in [-0.15, -0.1) is 0 Å². The van der Waals surface area contributed by atoms with Crippen LogP contribution in [0.1, 0.15) is 18.4 Å². The van der Waals surface area contributed by atoms with Crippen molar-refractivity contribution in [2.24, 2.45) is 0 Å². The number of furan rings is 1. The number of halogens is 1. The monoisotopic (exact) mass is 345 g/mol. The van der Waals surface area contributed by atoms with E-state index in [1.807, 2.05) is 24.4 Å². The highest BCUT2D eigenvalue weighted by atomic mass is 35.5. The van der Waals surface area contributed by atoms with Crippen molar-refractivity contribution in [1.82, 2.24) is 14.7 Å². The van der Waals surface area contributed by atoms with Gasteiger partial charge < -0.3 is 14.8 Å². The van der Waals surface area contributed by atoms with E-state index in [0.717, 1.165) is 0 Å². The summed E-state index contributed by atoms with van der Waals surface area (Å²) in [4.78, 5) is 16.2. The van der Waals surface area contributed by atoms with Crippen molar-refractivity contribution < 1.29 is 14.3 Å². The lowest BCUT2D eigenvalue weighted by Gasteiger charge is -2.20. The zero-order chi connectivity index (χ0) is 17.2. The Bertz CT molecular complexity index is 882. The normalized spacial score (nSPS) is 14.1. The van der Waals surface area contributed by atoms with Gasteiger partial charge in [-0.1, -0.05) is 17.7 Å². The number of carbonyl (C=O) groups is 1. The Morgan fingerprint density at radius 1 is 1.46 bits per heavy atom. The van der Waals surface area contributed by atoms with Crippen molar-refractivity contribution in [3.05, 3.63) is 65.5 Å². The van der Waals surface area contributed by atoms with Crippen LogP contribution in [-0.4, -0.2) is 26.9 Å². The number of nitrogens with one attached hydrogen (secondary N) is 1. The second-order valence-corrected chi connectivity index (χ2v) is 5.88. The molecule has 1 atom stereocenters. The molecule has 124 valence electrons. The van der Waals surface area contributed by atoms with Crippen molar-refractivity contribution in [3.8, 4) is 0 Å². The molecule has 3 heterocycles. The Kier molecular flexibility index (Phi) is 4.42. The maximum absolute atomic E-state index is 12.0. The summed E-state index contributed by atoms with van der Waals surface area (Å²) in [6.07, 6.45) is 6.21. The molecule has 0 aromatic carbocycles. The quantitative estimate of drug-likeness (QED) is 0.697. The van der Waals surface area contributed by atoms with Crippen molar-refractivity contribution in [3.63, 3.8) is 0 Å². The molecule has 3 aromatic heterocycles. The van der Waals surface area contributed by atoms with Crippen LogP contribution in [0.5, 0.6) is 0 Å². The van der Waals surface area contributed by atoms with Gasteiger partial charge in [-0.2, -0.15) is 0 Å². The highest BCUT2D eigenvalue weighted by molar-refractivity contribution is 6.31. The van der Waals surface area contributed by atoms with Crippen molar-refractivity contribution >= 4 is 29.2 Å². The van der Waals surface area contributed by atoms with Crippen molar-refractivity contribution in [2.75, 3.05) is 6.54 Å². The molecule has 0 saturated heterocycles. The Balaban J connectivity index is 1.68. The maximum atomic E-state index is 12.0. The largest absolute Gasteiger partial charge is 0.466 e. The van der Waals surface area contributed by atoms with Gasteiger partial charge in [-0.05, 0) is 37.3 Å².